The van der Waals surface area contributed by atoms with Crippen LogP contribution in [0.5, 0.6) is 0 Å². The monoisotopic (exact) mass is 368 g/mol. The summed E-state index contributed by atoms with van der Waals surface area (Å²) in [5.74, 6) is 1.85. The lowest BCUT2D eigenvalue weighted by Crippen LogP contribution is -2.44. The third kappa shape index (κ3) is 5.57. The van der Waals surface area contributed by atoms with Gasteiger partial charge in [-0.15, -0.1) is 0 Å². The van der Waals surface area contributed by atoms with Crippen LogP contribution in [0.3, 0.4) is 0 Å². The van der Waals surface area contributed by atoms with E-state index in [1.54, 1.807) is 0 Å². The number of likely N-dealkylation sites (tertiary alicyclic amines) is 1. The summed E-state index contributed by atoms with van der Waals surface area (Å²) in [7, 11) is 0. The molecular formula is C21H32N6. The predicted molar refractivity (Wildman–Crippen MR) is 111 cm³/mol. The highest BCUT2D eigenvalue weighted by atomic mass is 15.2. The van der Waals surface area contributed by atoms with Crippen LogP contribution in [0.4, 0.5) is 0 Å². The largest absolute Gasteiger partial charge is 0.357 e. The van der Waals surface area contributed by atoms with E-state index in [1.807, 2.05) is 18.5 Å². The normalized spacial score (nSPS) is 18.0. The molecule has 1 unspecified atom stereocenters. The molecule has 0 spiro atoms. The lowest BCUT2D eigenvalue weighted by atomic mass is 10.2. The van der Waals surface area contributed by atoms with Crippen LogP contribution in [0.15, 0.2) is 47.7 Å². The van der Waals surface area contributed by atoms with E-state index in [4.69, 9.17) is 4.99 Å². The van der Waals surface area contributed by atoms with Crippen LogP contribution in [-0.2, 0) is 13.1 Å². The van der Waals surface area contributed by atoms with Gasteiger partial charge >= 0.3 is 0 Å². The van der Waals surface area contributed by atoms with Crippen molar-refractivity contribution in [1.82, 2.24) is 25.1 Å². The smallest absolute Gasteiger partial charge is 0.191 e. The maximum Gasteiger partial charge on any atom is 0.191 e. The number of guanidine groups is 1. The number of nitrogens with one attached hydrogen (secondary N) is 2. The summed E-state index contributed by atoms with van der Waals surface area (Å²) in [4.78, 5) is 11.8. The van der Waals surface area contributed by atoms with Crippen molar-refractivity contribution >= 4 is 5.96 Å². The van der Waals surface area contributed by atoms with Gasteiger partial charge < -0.3 is 15.2 Å². The first-order chi connectivity index (χ1) is 13.3. The quantitative estimate of drug-likeness (QED) is 0.555. The fraction of sp³-hybridized carbons (Fsp3) is 0.524. The number of aromatic nitrogens is 2. The van der Waals surface area contributed by atoms with Crippen LogP contribution < -0.4 is 10.6 Å². The van der Waals surface area contributed by atoms with Gasteiger partial charge in [-0.1, -0.05) is 37.3 Å². The highest BCUT2D eigenvalue weighted by Crippen LogP contribution is 2.15. The van der Waals surface area contributed by atoms with Gasteiger partial charge in [0.05, 0.1) is 0 Å². The second-order valence-corrected chi connectivity index (χ2v) is 6.96. The molecule has 2 aromatic rings. The van der Waals surface area contributed by atoms with Gasteiger partial charge in [0.25, 0.3) is 0 Å². The lowest BCUT2D eigenvalue weighted by molar-refractivity contribution is 0.267. The Hall–Kier alpha value is -2.34. The molecule has 1 aliphatic rings. The van der Waals surface area contributed by atoms with E-state index < -0.39 is 0 Å². The maximum absolute atomic E-state index is 4.76. The zero-order valence-electron chi connectivity index (χ0n) is 16.6. The maximum atomic E-state index is 4.76. The molecule has 1 atom stereocenters. The van der Waals surface area contributed by atoms with Gasteiger partial charge in [-0.2, -0.15) is 0 Å². The molecule has 146 valence electrons. The first-order valence-electron chi connectivity index (χ1n) is 10.1. The lowest BCUT2D eigenvalue weighted by Gasteiger charge is -2.24. The molecule has 0 radical (unpaired) electrons. The van der Waals surface area contributed by atoms with Gasteiger partial charge in [-0.25, -0.2) is 9.98 Å². The fourth-order valence-corrected chi connectivity index (χ4v) is 3.66. The summed E-state index contributed by atoms with van der Waals surface area (Å²) >= 11 is 0. The Kier molecular flexibility index (Phi) is 7.27. The molecular weight excluding hydrogens is 336 g/mol. The second kappa shape index (κ2) is 10.1. The third-order valence-corrected chi connectivity index (χ3v) is 5.13. The summed E-state index contributed by atoms with van der Waals surface area (Å²) in [5.41, 5.74) is 1.27. The SMILES string of the molecule is CCNC(=NCc1nccn1Cc1ccccc1)NCC1CCCN1CC. The molecule has 0 amide bonds. The van der Waals surface area contributed by atoms with Crippen LogP contribution in [0.2, 0.25) is 0 Å². The van der Waals surface area contributed by atoms with E-state index in [0.29, 0.717) is 12.6 Å². The molecule has 0 bridgehead atoms. The third-order valence-electron chi connectivity index (χ3n) is 5.13. The van der Waals surface area contributed by atoms with Crippen LogP contribution in [0.1, 0.15) is 38.1 Å². The Balaban J connectivity index is 1.59. The minimum absolute atomic E-state index is 0.567. The van der Waals surface area contributed by atoms with E-state index in [9.17, 15) is 0 Å². The summed E-state index contributed by atoms with van der Waals surface area (Å²) in [6, 6.07) is 11.1. The van der Waals surface area contributed by atoms with Crippen molar-refractivity contribution in [2.75, 3.05) is 26.2 Å². The number of imidazole rings is 1. The van der Waals surface area contributed by atoms with Crippen molar-refractivity contribution in [2.24, 2.45) is 4.99 Å². The minimum atomic E-state index is 0.567. The average molecular weight is 369 g/mol. The topological polar surface area (TPSA) is 57.5 Å². The number of likely N-dealkylation sites (N-methyl/N-ethyl adjacent to an activating group) is 1. The zero-order valence-corrected chi connectivity index (χ0v) is 16.6. The van der Waals surface area contributed by atoms with Gasteiger partial charge in [0, 0.05) is 38.1 Å². The summed E-state index contributed by atoms with van der Waals surface area (Å²) in [6.07, 6.45) is 6.44. The summed E-state index contributed by atoms with van der Waals surface area (Å²) in [6.45, 7) is 9.86. The zero-order chi connectivity index (χ0) is 18.9. The minimum Gasteiger partial charge on any atom is -0.357 e. The average Bonchev–Trinajstić information content (AvgIpc) is 3.33. The molecule has 1 aromatic carbocycles. The number of benzene rings is 1. The van der Waals surface area contributed by atoms with Crippen LogP contribution in [0.25, 0.3) is 0 Å². The Bertz CT molecular complexity index is 708. The number of nitrogens with zero attached hydrogens (tertiary/aromatic N) is 4. The van der Waals surface area contributed by atoms with Crippen molar-refractivity contribution in [3.8, 4) is 0 Å². The van der Waals surface area contributed by atoms with E-state index in [2.05, 4.69) is 63.2 Å². The number of rotatable bonds is 8. The highest BCUT2D eigenvalue weighted by Gasteiger charge is 2.22. The number of hydrogen-bond acceptors (Lipinski definition) is 3. The molecule has 1 aromatic heterocycles. The van der Waals surface area contributed by atoms with Crippen LogP contribution in [0, 0.1) is 0 Å². The van der Waals surface area contributed by atoms with Crippen molar-refractivity contribution in [3.63, 3.8) is 0 Å². The molecule has 2 N–H and O–H groups in total. The van der Waals surface area contributed by atoms with Crippen LogP contribution >= 0.6 is 0 Å². The number of aliphatic imine (C=N–C) groups is 1. The molecule has 6 heteroatoms. The standard InChI is InChI=1S/C21H32N6/c1-3-22-21(24-15-19-11-8-13-26(19)4-2)25-16-20-23-12-14-27(20)17-18-9-6-5-7-10-18/h5-7,9-10,12,14,19H,3-4,8,11,13,15-17H2,1-2H3,(H2,22,24,25). The van der Waals surface area contributed by atoms with Gasteiger partial charge in [-0.05, 0) is 38.4 Å². The van der Waals surface area contributed by atoms with Crippen LogP contribution in [-0.4, -0.2) is 52.6 Å². The Labute approximate surface area is 162 Å². The number of hydrogen-bond donors (Lipinski definition) is 2. The summed E-state index contributed by atoms with van der Waals surface area (Å²) < 4.78 is 2.16. The van der Waals surface area contributed by atoms with Crippen molar-refractivity contribution < 1.29 is 0 Å². The van der Waals surface area contributed by atoms with E-state index in [-0.39, 0.29) is 0 Å². The Morgan fingerprint density at radius 3 is 2.85 bits per heavy atom. The van der Waals surface area contributed by atoms with Crippen molar-refractivity contribution in [3.05, 3.63) is 54.1 Å². The van der Waals surface area contributed by atoms with Crippen molar-refractivity contribution in [1.29, 1.82) is 0 Å². The Morgan fingerprint density at radius 1 is 1.22 bits per heavy atom. The molecule has 1 aliphatic heterocycles. The highest BCUT2D eigenvalue weighted by molar-refractivity contribution is 5.79. The molecule has 1 saturated heterocycles. The molecule has 0 saturated carbocycles. The van der Waals surface area contributed by atoms with Crippen molar-refractivity contribution in [2.45, 2.75) is 45.8 Å². The first-order valence-corrected chi connectivity index (χ1v) is 10.1. The van der Waals surface area contributed by atoms with Gasteiger partial charge in [0.2, 0.25) is 0 Å². The fourth-order valence-electron chi connectivity index (χ4n) is 3.66. The van der Waals surface area contributed by atoms with Gasteiger partial charge in [0.1, 0.15) is 12.4 Å². The predicted octanol–water partition coefficient (Wildman–Crippen LogP) is 2.47. The molecule has 1 fully saturated rings. The van der Waals surface area contributed by atoms with E-state index in [0.717, 1.165) is 38.0 Å². The molecule has 0 aliphatic carbocycles. The second-order valence-electron chi connectivity index (χ2n) is 6.96. The van der Waals surface area contributed by atoms with Gasteiger partial charge in [-0.3, -0.25) is 4.90 Å². The Morgan fingerprint density at radius 2 is 2.07 bits per heavy atom. The first kappa shape index (κ1) is 19.4. The van der Waals surface area contributed by atoms with E-state index in [1.165, 1.54) is 24.9 Å². The molecule has 6 nitrogen and oxygen atoms in total. The van der Waals surface area contributed by atoms with Gasteiger partial charge in [0.15, 0.2) is 5.96 Å². The molecule has 27 heavy (non-hydrogen) atoms. The summed E-state index contributed by atoms with van der Waals surface area (Å²) in [5, 5.41) is 6.87. The molecule has 3 rings (SSSR count). The van der Waals surface area contributed by atoms with E-state index >= 15 is 0 Å². The molecule has 2 heterocycles.